The number of para-hydroxylation sites is 2. The zero-order chi connectivity index (χ0) is 17.4. The molecule has 2 bridgehead atoms. The first-order valence-corrected chi connectivity index (χ1v) is 9.59. The van der Waals surface area contributed by atoms with Crippen molar-refractivity contribution in [2.24, 2.45) is 23.5 Å². The molecule has 1 aliphatic heterocycles. The van der Waals surface area contributed by atoms with E-state index in [1.807, 2.05) is 24.3 Å². The van der Waals surface area contributed by atoms with E-state index in [0.717, 1.165) is 50.0 Å². The van der Waals surface area contributed by atoms with E-state index in [-0.39, 0.29) is 36.2 Å². The van der Waals surface area contributed by atoms with Crippen LogP contribution in [0.25, 0.3) is 0 Å². The molecular weight excluding hydrogens is 350 g/mol. The third-order valence-electron chi connectivity index (χ3n) is 6.31. The third kappa shape index (κ3) is 3.60. The average Bonchev–Trinajstić information content (AvgIpc) is 3.01. The van der Waals surface area contributed by atoms with Gasteiger partial charge in [0.1, 0.15) is 0 Å². The number of nitrogens with one attached hydrogen (secondary N) is 1. The van der Waals surface area contributed by atoms with E-state index >= 15 is 0 Å². The Hall–Kier alpha value is -1.59. The maximum Gasteiger partial charge on any atom is 0.227 e. The van der Waals surface area contributed by atoms with Crippen molar-refractivity contribution in [1.82, 2.24) is 0 Å². The van der Waals surface area contributed by atoms with E-state index in [9.17, 15) is 9.59 Å². The van der Waals surface area contributed by atoms with Crippen molar-refractivity contribution in [3.8, 4) is 0 Å². The predicted octanol–water partition coefficient (Wildman–Crippen LogP) is 3.33. The van der Waals surface area contributed by atoms with Gasteiger partial charge in [0.2, 0.25) is 11.8 Å². The van der Waals surface area contributed by atoms with Gasteiger partial charge in [-0.3, -0.25) is 9.59 Å². The first-order valence-electron chi connectivity index (χ1n) is 9.59. The minimum atomic E-state index is 0. The highest BCUT2D eigenvalue weighted by Crippen LogP contribution is 2.42. The van der Waals surface area contributed by atoms with Gasteiger partial charge in [0.15, 0.2) is 0 Å². The van der Waals surface area contributed by atoms with Crippen LogP contribution in [0.5, 0.6) is 0 Å². The van der Waals surface area contributed by atoms with Crippen LogP contribution in [0.2, 0.25) is 0 Å². The Balaban J connectivity index is 0.00000196. The van der Waals surface area contributed by atoms with Crippen LogP contribution in [0.3, 0.4) is 0 Å². The summed E-state index contributed by atoms with van der Waals surface area (Å²) < 4.78 is 0. The fraction of sp³-hybridized carbons (Fsp3) is 0.600. The number of amides is 2. The summed E-state index contributed by atoms with van der Waals surface area (Å²) in [6, 6.07) is 7.91. The van der Waals surface area contributed by atoms with Crippen LogP contribution in [0.15, 0.2) is 24.3 Å². The molecule has 1 heterocycles. The lowest BCUT2D eigenvalue weighted by atomic mass is 9.65. The molecule has 2 aliphatic carbocycles. The summed E-state index contributed by atoms with van der Waals surface area (Å²) in [6.07, 6.45) is 6.82. The summed E-state index contributed by atoms with van der Waals surface area (Å²) in [6.45, 7) is 0.730. The molecular formula is C20H28ClN3O2. The molecule has 5 nitrogen and oxygen atoms in total. The number of carbonyl (C=O) groups excluding carboxylic acids is 2. The Morgan fingerprint density at radius 1 is 1.12 bits per heavy atom. The van der Waals surface area contributed by atoms with Gasteiger partial charge in [-0.25, -0.2) is 0 Å². The Bertz CT molecular complexity index is 667. The second kappa shape index (κ2) is 7.97. The van der Waals surface area contributed by atoms with Crippen LogP contribution >= 0.6 is 12.4 Å². The smallest absolute Gasteiger partial charge is 0.227 e. The van der Waals surface area contributed by atoms with E-state index < -0.39 is 0 Å². The number of nitrogens with zero attached hydrogens (tertiary/aromatic N) is 1. The minimum absolute atomic E-state index is 0. The number of halogens is 1. The Morgan fingerprint density at radius 2 is 1.81 bits per heavy atom. The largest absolute Gasteiger partial charge is 0.327 e. The summed E-state index contributed by atoms with van der Waals surface area (Å²) in [5.41, 5.74) is 7.92. The lowest BCUT2D eigenvalue weighted by Crippen LogP contribution is -2.48. The molecule has 4 rings (SSSR count). The molecule has 6 heteroatoms. The molecule has 3 fully saturated rings. The average molecular weight is 378 g/mol. The van der Waals surface area contributed by atoms with Gasteiger partial charge in [-0.05, 0) is 56.1 Å². The highest BCUT2D eigenvalue weighted by atomic mass is 35.5. The molecule has 2 saturated carbocycles. The summed E-state index contributed by atoms with van der Waals surface area (Å²) in [5.74, 6) is 1.23. The topological polar surface area (TPSA) is 75.4 Å². The van der Waals surface area contributed by atoms with Crippen LogP contribution in [0.1, 0.15) is 44.9 Å². The van der Waals surface area contributed by atoms with Gasteiger partial charge >= 0.3 is 0 Å². The number of rotatable bonds is 3. The Labute approximate surface area is 161 Å². The van der Waals surface area contributed by atoms with Crippen LogP contribution in [0.4, 0.5) is 11.4 Å². The maximum atomic E-state index is 12.9. The van der Waals surface area contributed by atoms with Crippen molar-refractivity contribution >= 4 is 35.6 Å². The second-order valence-electron chi connectivity index (χ2n) is 7.85. The van der Waals surface area contributed by atoms with Gasteiger partial charge in [-0.15, -0.1) is 12.4 Å². The molecule has 0 radical (unpaired) electrons. The molecule has 3 N–H and O–H groups in total. The number of hydrogen-bond donors (Lipinski definition) is 2. The summed E-state index contributed by atoms with van der Waals surface area (Å²) in [4.78, 5) is 26.8. The quantitative estimate of drug-likeness (QED) is 0.848. The highest BCUT2D eigenvalue weighted by Gasteiger charge is 2.40. The predicted molar refractivity (Wildman–Crippen MR) is 105 cm³/mol. The first-order chi connectivity index (χ1) is 12.1. The summed E-state index contributed by atoms with van der Waals surface area (Å²) in [7, 11) is 0. The Kier molecular flexibility index (Phi) is 5.88. The number of anilines is 2. The highest BCUT2D eigenvalue weighted by molar-refractivity contribution is 6.02. The van der Waals surface area contributed by atoms with Crippen LogP contribution < -0.4 is 16.0 Å². The van der Waals surface area contributed by atoms with Crippen molar-refractivity contribution in [3.63, 3.8) is 0 Å². The molecule has 26 heavy (non-hydrogen) atoms. The van der Waals surface area contributed by atoms with E-state index in [4.69, 9.17) is 5.73 Å². The number of nitrogens with two attached hydrogens (primary N) is 1. The fourth-order valence-electron chi connectivity index (χ4n) is 4.96. The number of benzene rings is 1. The van der Waals surface area contributed by atoms with Gasteiger partial charge in [0, 0.05) is 24.9 Å². The molecule has 2 atom stereocenters. The molecule has 2 unspecified atom stereocenters. The molecule has 1 aromatic rings. The minimum Gasteiger partial charge on any atom is -0.327 e. The number of carbonyl (C=O) groups is 2. The van der Waals surface area contributed by atoms with Crippen molar-refractivity contribution in [2.75, 3.05) is 16.8 Å². The van der Waals surface area contributed by atoms with E-state index in [2.05, 4.69) is 5.32 Å². The lowest BCUT2D eigenvalue weighted by molar-refractivity contribution is -0.122. The molecule has 3 aliphatic rings. The molecule has 1 aromatic carbocycles. The molecule has 1 saturated heterocycles. The fourth-order valence-corrected chi connectivity index (χ4v) is 4.96. The van der Waals surface area contributed by atoms with Crippen molar-refractivity contribution in [1.29, 1.82) is 0 Å². The van der Waals surface area contributed by atoms with Crippen LogP contribution in [0, 0.1) is 17.8 Å². The lowest BCUT2D eigenvalue weighted by Gasteiger charge is -2.43. The standard InChI is InChI=1S/C20H27N3O2.ClH/c21-19-13-5-3-6-14(19)12-15(11-13)20(25)22-16-7-1-2-8-17(16)23-10-4-9-18(23)24;/h1-2,7-8,13-15,19H,3-6,9-12,21H2,(H,22,25);1H. The monoisotopic (exact) mass is 377 g/mol. The van der Waals surface area contributed by atoms with Gasteiger partial charge in [-0.2, -0.15) is 0 Å². The summed E-state index contributed by atoms with van der Waals surface area (Å²) >= 11 is 0. The normalized spacial score (nSPS) is 30.7. The molecule has 2 amide bonds. The van der Waals surface area contributed by atoms with Crippen LogP contribution in [-0.2, 0) is 9.59 Å². The van der Waals surface area contributed by atoms with Gasteiger partial charge in [-0.1, -0.05) is 18.6 Å². The first kappa shape index (κ1) is 19.2. The van der Waals surface area contributed by atoms with Gasteiger partial charge in [0.25, 0.3) is 0 Å². The zero-order valence-corrected chi connectivity index (χ0v) is 15.8. The molecule has 0 aromatic heterocycles. The molecule has 142 valence electrons. The van der Waals surface area contributed by atoms with Crippen LogP contribution in [-0.4, -0.2) is 24.4 Å². The van der Waals surface area contributed by atoms with Gasteiger partial charge in [0.05, 0.1) is 11.4 Å². The zero-order valence-electron chi connectivity index (χ0n) is 15.0. The van der Waals surface area contributed by atoms with E-state index in [1.54, 1.807) is 4.90 Å². The maximum absolute atomic E-state index is 12.9. The van der Waals surface area contributed by atoms with Crippen molar-refractivity contribution in [2.45, 2.75) is 51.0 Å². The number of fused-ring (bicyclic) bond motifs is 2. The van der Waals surface area contributed by atoms with Crippen molar-refractivity contribution < 1.29 is 9.59 Å². The Morgan fingerprint density at radius 3 is 2.46 bits per heavy atom. The van der Waals surface area contributed by atoms with E-state index in [1.165, 1.54) is 6.42 Å². The van der Waals surface area contributed by atoms with Gasteiger partial charge < -0.3 is 16.0 Å². The van der Waals surface area contributed by atoms with E-state index in [0.29, 0.717) is 18.3 Å². The van der Waals surface area contributed by atoms with Crippen molar-refractivity contribution in [3.05, 3.63) is 24.3 Å². The summed E-state index contributed by atoms with van der Waals surface area (Å²) in [5, 5.41) is 3.11. The number of hydrogen-bond acceptors (Lipinski definition) is 3. The third-order valence-corrected chi connectivity index (χ3v) is 6.31. The SMILES string of the molecule is Cl.NC1C2CCCC1CC(C(=O)Nc1ccccc1N1CCCC1=O)C2. The molecule has 0 spiro atoms. The second-order valence-corrected chi connectivity index (χ2v) is 7.85.